The van der Waals surface area contributed by atoms with Crippen molar-refractivity contribution in [2.24, 2.45) is 5.92 Å². The quantitative estimate of drug-likeness (QED) is 0.554. The summed E-state index contributed by atoms with van der Waals surface area (Å²) in [6.45, 7) is 1.94. The van der Waals surface area contributed by atoms with Crippen molar-refractivity contribution in [3.8, 4) is 11.5 Å². The molecule has 11 nitrogen and oxygen atoms in total. The number of phenolic OH excluding ortho intramolecular Hbond substituents is 1. The average molecular weight is 512 g/mol. The number of aromatic hydroxyl groups is 1. The topological polar surface area (TPSA) is 143 Å². The summed E-state index contributed by atoms with van der Waals surface area (Å²) in [5.41, 5.74) is 1.64. The molecular formula is C26H29N3O8. The molecule has 1 aromatic carbocycles. The minimum Gasteiger partial charge on any atom is -0.504 e. The summed E-state index contributed by atoms with van der Waals surface area (Å²) in [4.78, 5) is 67.7. The van der Waals surface area contributed by atoms with Gasteiger partial charge in [0.15, 0.2) is 11.5 Å². The van der Waals surface area contributed by atoms with Crippen LogP contribution in [0.25, 0.3) is 0 Å². The lowest BCUT2D eigenvalue weighted by Crippen LogP contribution is -2.69. The summed E-state index contributed by atoms with van der Waals surface area (Å²) < 4.78 is 6.39. The lowest BCUT2D eigenvalue weighted by atomic mass is 9.51. The van der Waals surface area contributed by atoms with Crippen LogP contribution < -0.4 is 10.1 Å². The highest BCUT2D eigenvalue weighted by molar-refractivity contribution is 6.01. The molecule has 3 aliphatic heterocycles. The van der Waals surface area contributed by atoms with Crippen LogP contribution >= 0.6 is 0 Å². The molecule has 6 rings (SSSR count). The van der Waals surface area contributed by atoms with Crippen molar-refractivity contribution < 1.29 is 38.7 Å². The Kier molecular flexibility index (Phi) is 5.43. The Morgan fingerprint density at radius 3 is 2.65 bits per heavy atom. The molecule has 1 spiro atoms. The van der Waals surface area contributed by atoms with Gasteiger partial charge in [-0.3, -0.25) is 19.2 Å². The molecule has 2 bridgehead atoms. The number of rotatable bonds is 5. The predicted molar refractivity (Wildman–Crippen MR) is 125 cm³/mol. The van der Waals surface area contributed by atoms with Crippen LogP contribution in [0, 0.1) is 5.92 Å². The molecule has 2 N–H and O–H groups in total. The van der Waals surface area contributed by atoms with Gasteiger partial charge in [0.05, 0.1) is 12.5 Å². The van der Waals surface area contributed by atoms with Crippen LogP contribution in [0.1, 0.15) is 63.0 Å². The van der Waals surface area contributed by atoms with E-state index in [0.29, 0.717) is 36.6 Å². The number of piperidine rings is 1. The molecule has 2 aliphatic carbocycles. The maximum atomic E-state index is 13.4. The summed E-state index contributed by atoms with van der Waals surface area (Å²) in [5.74, 6) is -1.54. The van der Waals surface area contributed by atoms with Gasteiger partial charge in [0, 0.05) is 49.8 Å². The molecule has 3 unspecified atom stereocenters. The fourth-order valence-corrected chi connectivity index (χ4v) is 7.42. The van der Waals surface area contributed by atoms with Crippen LogP contribution in [0.15, 0.2) is 12.1 Å². The van der Waals surface area contributed by atoms with Crippen LogP contribution in [-0.2, 0) is 40.6 Å². The molecule has 3 fully saturated rings. The minimum absolute atomic E-state index is 0.0120. The van der Waals surface area contributed by atoms with Crippen LogP contribution in [0.4, 0.5) is 0 Å². The van der Waals surface area contributed by atoms with Crippen molar-refractivity contribution in [1.82, 2.24) is 15.3 Å². The van der Waals surface area contributed by atoms with Gasteiger partial charge in [-0.1, -0.05) is 6.07 Å². The van der Waals surface area contributed by atoms with E-state index in [4.69, 9.17) is 9.57 Å². The van der Waals surface area contributed by atoms with Gasteiger partial charge in [-0.25, -0.2) is 4.79 Å². The van der Waals surface area contributed by atoms with E-state index in [1.165, 1.54) is 6.92 Å². The van der Waals surface area contributed by atoms with Crippen LogP contribution in [0.3, 0.4) is 0 Å². The number of benzene rings is 1. The number of phenols is 1. The number of carbonyl (C=O) groups is 5. The summed E-state index contributed by atoms with van der Waals surface area (Å²) in [6.07, 6.45) is 2.08. The zero-order valence-electron chi connectivity index (χ0n) is 20.5. The molecule has 1 aromatic rings. The Balaban J connectivity index is 1.22. The van der Waals surface area contributed by atoms with E-state index in [9.17, 15) is 29.1 Å². The first kappa shape index (κ1) is 23.7. The number of imide groups is 1. The summed E-state index contributed by atoms with van der Waals surface area (Å²) in [7, 11) is 0. The second-order valence-corrected chi connectivity index (χ2v) is 10.7. The van der Waals surface area contributed by atoms with E-state index < -0.39 is 23.2 Å². The predicted octanol–water partition coefficient (Wildman–Crippen LogP) is 0.850. The third-order valence-electron chi connectivity index (χ3n) is 8.77. The summed E-state index contributed by atoms with van der Waals surface area (Å²) >= 11 is 0. The monoisotopic (exact) mass is 511 g/mol. The minimum atomic E-state index is -0.792. The third-order valence-corrected chi connectivity index (χ3v) is 8.77. The molecule has 1 saturated carbocycles. The fraction of sp³-hybridized carbons (Fsp3) is 0.577. The maximum absolute atomic E-state index is 13.4. The van der Waals surface area contributed by atoms with Crippen molar-refractivity contribution in [1.29, 1.82) is 0 Å². The first-order valence-electron chi connectivity index (χ1n) is 12.9. The van der Waals surface area contributed by atoms with Gasteiger partial charge in [0.1, 0.15) is 6.10 Å². The van der Waals surface area contributed by atoms with Crippen LogP contribution in [-0.4, -0.2) is 69.4 Å². The van der Waals surface area contributed by atoms with Crippen LogP contribution in [0.2, 0.25) is 0 Å². The second-order valence-electron chi connectivity index (χ2n) is 10.7. The number of ether oxygens (including phenoxy) is 1. The van der Waals surface area contributed by atoms with Gasteiger partial charge in [-0.05, 0) is 43.2 Å². The molecule has 11 heteroatoms. The smallest absolute Gasteiger partial charge is 0.333 e. The number of hydrogen-bond acceptors (Lipinski definition) is 8. The van der Waals surface area contributed by atoms with Gasteiger partial charge in [0.2, 0.25) is 11.8 Å². The van der Waals surface area contributed by atoms with E-state index in [-0.39, 0.29) is 67.4 Å². The Morgan fingerprint density at radius 2 is 1.92 bits per heavy atom. The Hall–Kier alpha value is -3.63. The van der Waals surface area contributed by atoms with Crippen molar-refractivity contribution >= 4 is 29.6 Å². The largest absolute Gasteiger partial charge is 0.504 e. The number of hydroxylamine groups is 2. The standard InChI is InChI=1S/C26H29N3O8/c1-13(30)27-16-4-3-15-17-12-14-2-5-18(31)24-23(14)26(15,25(16)36-24)10-11-28(17)19(32)8-9-22(35)37-29-20(33)6-7-21(29)34/h2,5,15-17,25,31H,3-4,6-12H2,1H3,(H,27,30)/t15?,16-,17?,25-,26?/m0/s1. The van der Waals surface area contributed by atoms with Crippen molar-refractivity contribution in [3.63, 3.8) is 0 Å². The number of likely N-dealkylation sites (tertiary alicyclic amines) is 1. The molecule has 196 valence electrons. The Bertz CT molecular complexity index is 1210. The molecular weight excluding hydrogens is 482 g/mol. The zero-order chi connectivity index (χ0) is 26.1. The zero-order valence-corrected chi connectivity index (χ0v) is 20.5. The molecule has 5 atom stereocenters. The van der Waals surface area contributed by atoms with Gasteiger partial charge in [-0.15, -0.1) is 5.06 Å². The van der Waals surface area contributed by atoms with E-state index in [2.05, 4.69) is 5.32 Å². The molecule has 4 amide bonds. The molecule has 0 aromatic heterocycles. The van der Waals surface area contributed by atoms with Gasteiger partial charge in [0.25, 0.3) is 11.8 Å². The Morgan fingerprint density at radius 1 is 1.16 bits per heavy atom. The number of nitrogens with one attached hydrogen (secondary N) is 1. The molecule has 2 saturated heterocycles. The number of amides is 4. The highest BCUT2D eigenvalue weighted by Crippen LogP contribution is 2.63. The van der Waals surface area contributed by atoms with Gasteiger partial charge < -0.3 is 24.9 Å². The summed E-state index contributed by atoms with van der Waals surface area (Å²) in [5, 5.41) is 14.1. The first-order chi connectivity index (χ1) is 17.7. The van der Waals surface area contributed by atoms with E-state index in [0.717, 1.165) is 17.5 Å². The molecule has 5 aliphatic rings. The number of hydrogen-bond donors (Lipinski definition) is 2. The SMILES string of the molecule is CC(=O)N[C@H]1CCC2C3Cc4ccc(O)c5c4C2(CCN3C(=O)CCC(=O)ON2C(=O)CCC2=O)[C@H]1O5. The van der Waals surface area contributed by atoms with E-state index in [1.54, 1.807) is 6.07 Å². The fourth-order valence-electron chi connectivity index (χ4n) is 7.42. The molecule has 37 heavy (non-hydrogen) atoms. The normalized spacial score (nSPS) is 31.1. The third kappa shape index (κ3) is 3.50. The van der Waals surface area contributed by atoms with Crippen molar-refractivity contribution in [2.75, 3.05) is 6.54 Å². The van der Waals surface area contributed by atoms with Crippen molar-refractivity contribution in [2.45, 2.75) is 81.9 Å². The second kappa shape index (κ2) is 8.46. The first-order valence-corrected chi connectivity index (χ1v) is 12.9. The lowest BCUT2D eigenvalue weighted by Gasteiger charge is -2.59. The number of nitrogens with zero attached hydrogens (tertiary/aromatic N) is 2. The molecule has 0 radical (unpaired) electrons. The maximum Gasteiger partial charge on any atom is 0.333 e. The van der Waals surface area contributed by atoms with Crippen LogP contribution in [0.5, 0.6) is 11.5 Å². The van der Waals surface area contributed by atoms with Gasteiger partial charge in [-0.2, -0.15) is 0 Å². The average Bonchev–Trinajstić information content (AvgIpc) is 3.37. The van der Waals surface area contributed by atoms with E-state index >= 15 is 0 Å². The Labute approximate surface area is 213 Å². The van der Waals surface area contributed by atoms with Crippen molar-refractivity contribution in [3.05, 3.63) is 23.3 Å². The highest BCUT2D eigenvalue weighted by Gasteiger charge is 2.66. The summed E-state index contributed by atoms with van der Waals surface area (Å²) in [6, 6.07) is 3.21. The highest BCUT2D eigenvalue weighted by atomic mass is 16.7. The number of carbonyl (C=O) groups excluding carboxylic acids is 5. The van der Waals surface area contributed by atoms with Gasteiger partial charge >= 0.3 is 5.97 Å². The van der Waals surface area contributed by atoms with E-state index in [1.807, 2.05) is 11.0 Å². The molecule has 3 heterocycles. The lowest BCUT2D eigenvalue weighted by molar-refractivity contribution is -0.197.